The number of fused-ring (bicyclic) bond motifs is 1. The summed E-state index contributed by atoms with van der Waals surface area (Å²) in [4.78, 5) is 16.7. The number of carbonyl (C=O) groups is 1. The third-order valence-corrected chi connectivity index (χ3v) is 4.15. The van der Waals surface area contributed by atoms with Gasteiger partial charge in [0, 0.05) is 6.54 Å². The Bertz CT molecular complexity index is 687. The second-order valence-corrected chi connectivity index (χ2v) is 5.97. The predicted octanol–water partition coefficient (Wildman–Crippen LogP) is 2.81. The Hall–Kier alpha value is -1.72. The number of aryl methyl sites for hydroxylation is 1. The molecule has 0 saturated carbocycles. The first-order valence-electron chi connectivity index (χ1n) is 6.87. The van der Waals surface area contributed by atoms with Gasteiger partial charge in [-0.15, -0.1) is 0 Å². The summed E-state index contributed by atoms with van der Waals surface area (Å²) in [5, 5.41) is 6.24. The van der Waals surface area contributed by atoms with Crippen molar-refractivity contribution < 1.29 is 4.79 Å². The molecule has 21 heavy (non-hydrogen) atoms. The number of pyridine rings is 1. The molecule has 1 aromatic heterocycles. The van der Waals surface area contributed by atoms with Gasteiger partial charge in [0.25, 0.3) is 0 Å². The topological polar surface area (TPSA) is 54.0 Å². The summed E-state index contributed by atoms with van der Waals surface area (Å²) in [6, 6.07) is 11.7. The van der Waals surface area contributed by atoms with E-state index in [4.69, 9.17) is 0 Å². The van der Waals surface area contributed by atoms with Crippen LogP contribution in [0, 0.1) is 6.92 Å². The van der Waals surface area contributed by atoms with Crippen LogP contribution in [0.4, 0.5) is 5.69 Å². The molecule has 5 heteroatoms. The highest BCUT2D eigenvalue weighted by molar-refractivity contribution is 9.10. The molecule has 1 aliphatic heterocycles. The summed E-state index contributed by atoms with van der Waals surface area (Å²) >= 11 is 3.32. The van der Waals surface area contributed by atoms with E-state index in [1.165, 1.54) is 11.1 Å². The van der Waals surface area contributed by atoms with Crippen molar-refractivity contribution in [3.05, 3.63) is 57.8 Å². The fourth-order valence-corrected chi connectivity index (χ4v) is 2.92. The van der Waals surface area contributed by atoms with E-state index in [-0.39, 0.29) is 11.9 Å². The molecule has 2 heterocycles. The molecule has 3 rings (SSSR count). The van der Waals surface area contributed by atoms with Crippen LogP contribution < -0.4 is 10.6 Å². The van der Waals surface area contributed by atoms with Gasteiger partial charge in [0.2, 0.25) is 5.91 Å². The third kappa shape index (κ3) is 3.14. The molecule has 0 bridgehead atoms. The lowest BCUT2D eigenvalue weighted by atomic mass is 9.95. The van der Waals surface area contributed by atoms with E-state index in [0.29, 0.717) is 6.42 Å². The van der Waals surface area contributed by atoms with Crippen molar-refractivity contribution >= 4 is 27.5 Å². The van der Waals surface area contributed by atoms with Gasteiger partial charge in [0.1, 0.15) is 4.60 Å². The SMILES string of the molecule is Cc1nc(Br)ccc1NC(=O)[C@H]1Cc2ccccc2CN1. The fraction of sp³-hybridized carbons (Fsp3) is 0.250. The Kier molecular flexibility index (Phi) is 4.03. The van der Waals surface area contributed by atoms with Gasteiger partial charge in [-0.25, -0.2) is 4.98 Å². The lowest BCUT2D eigenvalue weighted by molar-refractivity contribution is -0.118. The van der Waals surface area contributed by atoms with Crippen molar-refractivity contribution in [2.24, 2.45) is 0 Å². The predicted molar refractivity (Wildman–Crippen MR) is 86.1 cm³/mol. The maximum absolute atomic E-state index is 12.4. The highest BCUT2D eigenvalue weighted by atomic mass is 79.9. The molecule has 0 spiro atoms. The Morgan fingerprint density at radius 1 is 1.29 bits per heavy atom. The molecular weight excluding hydrogens is 330 g/mol. The van der Waals surface area contributed by atoms with Crippen LogP contribution in [-0.2, 0) is 17.8 Å². The lowest BCUT2D eigenvalue weighted by Gasteiger charge is -2.25. The van der Waals surface area contributed by atoms with Crippen LogP contribution in [0.25, 0.3) is 0 Å². The molecule has 108 valence electrons. The van der Waals surface area contributed by atoms with Crippen molar-refractivity contribution in [2.75, 3.05) is 5.32 Å². The van der Waals surface area contributed by atoms with E-state index in [1.807, 2.05) is 31.2 Å². The van der Waals surface area contributed by atoms with Gasteiger partial charge in [-0.05, 0) is 52.5 Å². The molecule has 0 saturated heterocycles. The maximum atomic E-state index is 12.4. The molecule has 1 aromatic carbocycles. The van der Waals surface area contributed by atoms with Crippen LogP contribution in [0.3, 0.4) is 0 Å². The number of nitrogens with zero attached hydrogens (tertiary/aromatic N) is 1. The van der Waals surface area contributed by atoms with Gasteiger partial charge in [0.15, 0.2) is 0 Å². The molecule has 1 amide bonds. The van der Waals surface area contributed by atoms with Gasteiger partial charge in [-0.1, -0.05) is 24.3 Å². The average molecular weight is 346 g/mol. The van der Waals surface area contributed by atoms with Crippen molar-refractivity contribution in [1.29, 1.82) is 0 Å². The molecule has 1 aliphatic rings. The molecular formula is C16H16BrN3O. The van der Waals surface area contributed by atoms with E-state index >= 15 is 0 Å². The fourth-order valence-electron chi connectivity index (χ4n) is 2.52. The number of hydrogen-bond acceptors (Lipinski definition) is 3. The summed E-state index contributed by atoms with van der Waals surface area (Å²) < 4.78 is 0.766. The monoisotopic (exact) mass is 345 g/mol. The first kappa shape index (κ1) is 14.2. The number of carbonyl (C=O) groups excluding carboxylic acids is 1. The summed E-state index contributed by atoms with van der Waals surface area (Å²) in [6.07, 6.45) is 0.713. The number of amides is 1. The van der Waals surface area contributed by atoms with E-state index in [1.54, 1.807) is 0 Å². The van der Waals surface area contributed by atoms with Crippen LogP contribution in [0.1, 0.15) is 16.8 Å². The van der Waals surface area contributed by atoms with Gasteiger partial charge < -0.3 is 10.6 Å². The smallest absolute Gasteiger partial charge is 0.241 e. The molecule has 1 atom stereocenters. The molecule has 0 fully saturated rings. The molecule has 0 aliphatic carbocycles. The van der Waals surface area contributed by atoms with E-state index in [0.717, 1.165) is 22.5 Å². The minimum absolute atomic E-state index is 0.0169. The summed E-state index contributed by atoms with van der Waals surface area (Å²) in [5.74, 6) is -0.0169. The third-order valence-electron chi connectivity index (χ3n) is 3.71. The average Bonchev–Trinajstić information content (AvgIpc) is 2.49. The van der Waals surface area contributed by atoms with Crippen molar-refractivity contribution in [1.82, 2.24) is 10.3 Å². The van der Waals surface area contributed by atoms with Crippen molar-refractivity contribution in [3.8, 4) is 0 Å². The number of hydrogen-bond donors (Lipinski definition) is 2. The number of nitrogens with one attached hydrogen (secondary N) is 2. The summed E-state index contributed by atoms with van der Waals surface area (Å²) in [7, 11) is 0. The second kappa shape index (κ2) is 5.95. The second-order valence-electron chi connectivity index (χ2n) is 5.16. The first-order chi connectivity index (χ1) is 10.1. The molecule has 2 N–H and O–H groups in total. The number of aromatic nitrogens is 1. The van der Waals surface area contributed by atoms with Gasteiger partial charge in [-0.3, -0.25) is 4.79 Å². The van der Waals surface area contributed by atoms with Crippen LogP contribution in [0.5, 0.6) is 0 Å². The number of anilines is 1. The number of halogens is 1. The van der Waals surface area contributed by atoms with Gasteiger partial charge in [0.05, 0.1) is 17.4 Å². The van der Waals surface area contributed by atoms with Crippen molar-refractivity contribution in [3.63, 3.8) is 0 Å². The summed E-state index contributed by atoms with van der Waals surface area (Å²) in [5.41, 5.74) is 4.06. The van der Waals surface area contributed by atoms with Crippen LogP contribution >= 0.6 is 15.9 Å². The molecule has 2 aromatic rings. The Labute approximate surface area is 132 Å². The van der Waals surface area contributed by atoms with Crippen LogP contribution in [-0.4, -0.2) is 16.9 Å². The molecule has 0 unspecified atom stereocenters. The maximum Gasteiger partial charge on any atom is 0.241 e. The number of rotatable bonds is 2. The lowest BCUT2D eigenvalue weighted by Crippen LogP contribution is -2.44. The minimum atomic E-state index is -0.206. The Balaban J connectivity index is 1.72. The molecule has 0 radical (unpaired) electrons. The van der Waals surface area contributed by atoms with Crippen LogP contribution in [0.15, 0.2) is 41.0 Å². The zero-order valence-corrected chi connectivity index (χ0v) is 13.3. The summed E-state index contributed by atoms with van der Waals surface area (Å²) in [6.45, 7) is 2.61. The van der Waals surface area contributed by atoms with Crippen molar-refractivity contribution in [2.45, 2.75) is 25.9 Å². The highest BCUT2D eigenvalue weighted by Crippen LogP contribution is 2.19. The highest BCUT2D eigenvalue weighted by Gasteiger charge is 2.24. The standard InChI is InChI=1S/C16H16BrN3O/c1-10-13(6-7-15(17)19-10)20-16(21)14-8-11-4-2-3-5-12(11)9-18-14/h2-7,14,18H,8-9H2,1H3,(H,20,21)/t14-/m1/s1. The van der Waals surface area contributed by atoms with E-state index in [2.05, 4.69) is 43.7 Å². The Morgan fingerprint density at radius 2 is 2.05 bits per heavy atom. The first-order valence-corrected chi connectivity index (χ1v) is 7.67. The minimum Gasteiger partial charge on any atom is -0.323 e. The van der Waals surface area contributed by atoms with E-state index < -0.39 is 0 Å². The Morgan fingerprint density at radius 3 is 2.81 bits per heavy atom. The van der Waals surface area contributed by atoms with Crippen LogP contribution in [0.2, 0.25) is 0 Å². The normalized spacial score (nSPS) is 17.1. The molecule has 4 nitrogen and oxygen atoms in total. The zero-order valence-electron chi connectivity index (χ0n) is 11.7. The van der Waals surface area contributed by atoms with Gasteiger partial charge >= 0.3 is 0 Å². The largest absolute Gasteiger partial charge is 0.323 e. The number of benzene rings is 1. The zero-order chi connectivity index (χ0) is 14.8. The van der Waals surface area contributed by atoms with Gasteiger partial charge in [-0.2, -0.15) is 0 Å². The quantitative estimate of drug-likeness (QED) is 0.823. The van der Waals surface area contributed by atoms with E-state index in [9.17, 15) is 4.79 Å².